The lowest BCUT2D eigenvalue weighted by atomic mass is 10.1. The summed E-state index contributed by atoms with van der Waals surface area (Å²) < 4.78 is 11.4. The molecule has 0 radical (unpaired) electrons. The first-order chi connectivity index (χ1) is 8.83. The van der Waals surface area contributed by atoms with Gasteiger partial charge in [0, 0.05) is 13.2 Å². The Hall–Kier alpha value is -0.120. The Morgan fingerprint density at radius 3 is 2.78 bits per heavy atom. The van der Waals surface area contributed by atoms with Crippen LogP contribution in [0.2, 0.25) is 0 Å². The molecule has 0 amide bonds. The number of aliphatic hydroxyl groups is 1. The normalized spacial score (nSPS) is 27.0. The van der Waals surface area contributed by atoms with Crippen molar-refractivity contribution in [3.63, 3.8) is 0 Å². The number of hydrogen-bond donors (Lipinski definition) is 1. The van der Waals surface area contributed by atoms with E-state index in [1.54, 1.807) is 0 Å². The van der Waals surface area contributed by atoms with Crippen LogP contribution >= 0.6 is 0 Å². The molecule has 2 atom stereocenters. The van der Waals surface area contributed by atoms with Crippen LogP contribution in [0.3, 0.4) is 0 Å². The Morgan fingerprint density at radius 1 is 1.11 bits per heavy atom. The molecule has 1 rings (SSSR count). The first-order valence-electron chi connectivity index (χ1n) is 7.70. The van der Waals surface area contributed by atoms with Gasteiger partial charge in [0.2, 0.25) is 0 Å². The zero-order valence-corrected chi connectivity index (χ0v) is 11.9. The summed E-state index contributed by atoms with van der Waals surface area (Å²) in [5.41, 5.74) is 0. The Kier molecular flexibility index (Phi) is 9.54. The van der Waals surface area contributed by atoms with E-state index in [-0.39, 0.29) is 6.10 Å². The van der Waals surface area contributed by atoms with Gasteiger partial charge in [-0.1, -0.05) is 39.0 Å². The van der Waals surface area contributed by atoms with Gasteiger partial charge >= 0.3 is 0 Å². The number of rotatable bonds is 6. The smallest absolute Gasteiger partial charge is 0.0773 e. The third kappa shape index (κ3) is 8.06. The molecule has 2 unspecified atom stereocenters. The van der Waals surface area contributed by atoms with Crippen molar-refractivity contribution in [2.75, 3.05) is 19.8 Å². The van der Waals surface area contributed by atoms with E-state index in [0.717, 1.165) is 45.3 Å². The van der Waals surface area contributed by atoms with Gasteiger partial charge in [-0.2, -0.15) is 0 Å². The molecule has 1 N–H and O–H groups in total. The standard InChI is InChI=1S/C15H30O3/c1-2-3-4-7-11-18-15-9-6-5-8-14(16)13-17-12-10-15/h14-16H,2-13H2,1H3. The van der Waals surface area contributed by atoms with Crippen molar-refractivity contribution in [2.24, 2.45) is 0 Å². The van der Waals surface area contributed by atoms with Crippen LogP contribution in [0.4, 0.5) is 0 Å². The minimum Gasteiger partial charge on any atom is -0.391 e. The lowest BCUT2D eigenvalue weighted by Gasteiger charge is -2.21. The fourth-order valence-corrected chi connectivity index (χ4v) is 2.36. The molecule has 1 aliphatic heterocycles. The lowest BCUT2D eigenvalue weighted by molar-refractivity contribution is -0.0148. The van der Waals surface area contributed by atoms with Crippen LogP contribution in [0.15, 0.2) is 0 Å². The van der Waals surface area contributed by atoms with Crippen LogP contribution in [0.25, 0.3) is 0 Å². The van der Waals surface area contributed by atoms with E-state index in [4.69, 9.17) is 9.47 Å². The minimum atomic E-state index is -0.267. The molecule has 0 aromatic rings. The highest BCUT2D eigenvalue weighted by atomic mass is 16.5. The van der Waals surface area contributed by atoms with Crippen LogP contribution in [-0.4, -0.2) is 37.1 Å². The zero-order chi connectivity index (χ0) is 13.1. The van der Waals surface area contributed by atoms with E-state index in [9.17, 15) is 5.11 Å². The quantitative estimate of drug-likeness (QED) is 0.743. The molecular weight excluding hydrogens is 228 g/mol. The van der Waals surface area contributed by atoms with E-state index < -0.39 is 0 Å². The highest BCUT2D eigenvalue weighted by Gasteiger charge is 2.13. The van der Waals surface area contributed by atoms with Crippen molar-refractivity contribution in [1.29, 1.82) is 0 Å². The first-order valence-corrected chi connectivity index (χ1v) is 7.70. The molecule has 108 valence electrons. The molecule has 0 saturated carbocycles. The molecule has 0 bridgehead atoms. The summed E-state index contributed by atoms with van der Waals surface area (Å²) >= 11 is 0. The summed E-state index contributed by atoms with van der Waals surface area (Å²) in [5, 5.41) is 9.56. The van der Waals surface area contributed by atoms with Gasteiger partial charge in [0.15, 0.2) is 0 Å². The largest absolute Gasteiger partial charge is 0.391 e. The molecule has 0 spiro atoms. The molecule has 1 saturated heterocycles. The summed E-state index contributed by atoms with van der Waals surface area (Å²) in [6, 6.07) is 0. The van der Waals surface area contributed by atoms with Gasteiger partial charge in [-0.3, -0.25) is 0 Å². The summed E-state index contributed by atoms with van der Waals surface area (Å²) in [7, 11) is 0. The first kappa shape index (κ1) is 15.9. The van der Waals surface area contributed by atoms with Gasteiger partial charge in [0.05, 0.1) is 18.8 Å². The molecule has 3 nitrogen and oxygen atoms in total. The zero-order valence-electron chi connectivity index (χ0n) is 11.9. The monoisotopic (exact) mass is 258 g/mol. The van der Waals surface area contributed by atoms with E-state index >= 15 is 0 Å². The fourth-order valence-electron chi connectivity index (χ4n) is 2.36. The van der Waals surface area contributed by atoms with Crippen molar-refractivity contribution < 1.29 is 14.6 Å². The van der Waals surface area contributed by atoms with Gasteiger partial charge in [-0.05, 0) is 25.7 Å². The van der Waals surface area contributed by atoms with Gasteiger partial charge in [0.25, 0.3) is 0 Å². The number of ether oxygens (including phenoxy) is 2. The van der Waals surface area contributed by atoms with E-state index in [2.05, 4.69) is 6.92 Å². The van der Waals surface area contributed by atoms with Gasteiger partial charge in [0.1, 0.15) is 0 Å². The average Bonchev–Trinajstić information content (AvgIpc) is 2.38. The molecule has 1 heterocycles. The summed E-state index contributed by atoms with van der Waals surface area (Å²) in [4.78, 5) is 0. The number of hydrogen-bond acceptors (Lipinski definition) is 3. The maximum absolute atomic E-state index is 9.56. The van der Waals surface area contributed by atoms with Gasteiger partial charge < -0.3 is 14.6 Å². The summed E-state index contributed by atoms with van der Waals surface area (Å²) in [6.07, 6.45) is 10.4. The molecule has 3 heteroatoms. The predicted molar refractivity (Wildman–Crippen MR) is 73.8 cm³/mol. The van der Waals surface area contributed by atoms with Crippen molar-refractivity contribution >= 4 is 0 Å². The average molecular weight is 258 g/mol. The van der Waals surface area contributed by atoms with E-state index in [1.165, 1.54) is 25.7 Å². The third-order valence-corrected chi connectivity index (χ3v) is 3.56. The van der Waals surface area contributed by atoms with Gasteiger partial charge in [-0.25, -0.2) is 0 Å². The van der Waals surface area contributed by atoms with E-state index in [1.807, 2.05) is 0 Å². The lowest BCUT2D eigenvalue weighted by Crippen LogP contribution is -2.22. The van der Waals surface area contributed by atoms with Crippen molar-refractivity contribution in [1.82, 2.24) is 0 Å². The van der Waals surface area contributed by atoms with Crippen LogP contribution < -0.4 is 0 Å². The highest BCUT2D eigenvalue weighted by Crippen LogP contribution is 2.15. The van der Waals surface area contributed by atoms with E-state index in [0.29, 0.717) is 12.7 Å². The van der Waals surface area contributed by atoms with Crippen LogP contribution in [0, 0.1) is 0 Å². The molecule has 0 aromatic heterocycles. The molecule has 1 fully saturated rings. The fraction of sp³-hybridized carbons (Fsp3) is 1.00. The van der Waals surface area contributed by atoms with Crippen LogP contribution in [0.1, 0.15) is 64.7 Å². The summed E-state index contributed by atoms with van der Waals surface area (Å²) in [5.74, 6) is 0. The Morgan fingerprint density at radius 2 is 1.94 bits per heavy atom. The topological polar surface area (TPSA) is 38.7 Å². The Balaban J connectivity index is 2.10. The second-order valence-corrected chi connectivity index (χ2v) is 5.36. The highest BCUT2D eigenvalue weighted by molar-refractivity contribution is 4.63. The second-order valence-electron chi connectivity index (χ2n) is 5.36. The molecular formula is C15H30O3. The third-order valence-electron chi connectivity index (χ3n) is 3.56. The molecule has 0 aliphatic carbocycles. The molecule has 0 aromatic carbocycles. The minimum absolute atomic E-state index is 0.267. The maximum atomic E-state index is 9.56. The van der Waals surface area contributed by atoms with Crippen LogP contribution in [0.5, 0.6) is 0 Å². The SMILES string of the molecule is CCCCCCOC1CCCCC(O)COCC1. The molecule has 1 aliphatic rings. The predicted octanol–water partition coefficient (Wildman–Crippen LogP) is 3.29. The van der Waals surface area contributed by atoms with Crippen molar-refractivity contribution in [3.05, 3.63) is 0 Å². The summed E-state index contributed by atoms with van der Waals surface area (Å²) in [6.45, 7) is 4.33. The van der Waals surface area contributed by atoms with Gasteiger partial charge in [-0.15, -0.1) is 0 Å². The van der Waals surface area contributed by atoms with Crippen molar-refractivity contribution in [2.45, 2.75) is 76.9 Å². The molecule has 18 heavy (non-hydrogen) atoms. The maximum Gasteiger partial charge on any atom is 0.0773 e. The number of unbranched alkanes of at least 4 members (excludes halogenated alkanes) is 3. The van der Waals surface area contributed by atoms with Crippen molar-refractivity contribution in [3.8, 4) is 0 Å². The Labute approximate surface area is 112 Å². The van der Waals surface area contributed by atoms with Crippen LogP contribution in [-0.2, 0) is 9.47 Å². The number of aliphatic hydroxyl groups excluding tert-OH is 1. The Bertz CT molecular complexity index is 173. The second kappa shape index (κ2) is 10.8.